The number of aromatic amines is 2. The number of H-pyrrole nitrogens is 2. The topological polar surface area (TPSA) is 60.7 Å². The van der Waals surface area contributed by atoms with Crippen molar-refractivity contribution in [3.63, 3.8) is 0 Å². The first-order chi connectivity index (χ1) is 7.66. The molecule has 0 saturated carbocycles. The van der Waals surface area contributed by atoms with Gasteiger partial charge in [-0.25, -0.2) is 4.79 Å². The molecule has 0 bridgehead atoms. The fraction of sp³-hybridized carbons (Fsp3) is 0.750. The van der Waals surface area contributed by atoms with Crippen LogP contribution in [0.2, 0.25) is 0 Å². The van der Waals surface area contributed by atoms with Crippen molar-refractivity contribution in [1.29, 1.82) is 0 Å². The summed E-state index contributed by atoms with van der Waals surface area (Å²) in [6.07, 6.45) is 4.72. The molecule has 3 N–H and O–H groups in total. The number of imidazole rings is 1. The molecule has 4 heteroatoms. The molecule has 2 rings (SSSR count). The second-order valence-corrected chi connectivity index (χ2v) is 4.98. The summed E-state index contributed by atoms with van der Waals surface area (Å²) in [6, 6.07) is 0.526. The Hall–Kier alpha value is -1.03. The van der Waals surface area contributed by atoms with Crippen molar-refractivity contribution in [1.82, 2.24) is 15.3 Å². The first kappa shape index (κ1) is 11.5. The van der Waals surface area contributed by atoms with E-state index in [9.17, 15) is 4.79 Å². The van der Waals surface area contributed by atoms with E-state index in [1.165, 1.54) is 19.3 Å². The quantitative estimate of drug-likeness (QED) is 0.727. The minimum atomic E-state index is -0.0745. The molecule has 1 aliphatic rings. The van der Waals surface area contributed by atoms with E-state index in [0.717, 1.165) is 24.4 Å². The van der Waals surface area contributed by atoms with Gasteiger partial charge < -0.3 is 15.3 Å². The van der Waals surface area contributed by atoms with Crippen LogP contribution in [0.3, 0.4) is 0 Å². The molecule has 4 nitrogen and oxygen atoms in total. The lowest BCUT2D eigenvalue weighted by Crippen LogP contribution is -2.36. The summed E-state index contributed by atoms with van der Waals surface area (Å²) in [5, 5.41) is 3.51. The average molecular weight is 223 g/mol. The molecule has 0 amide bonds. The summed E-state index contributed by atoms with van der Waals surface area (Å²) < 4.78 is 0. The molecule has 1 aromatic rings. The van der Waals surface area contributed by atoms with Crippen LogP contribution >= 0.6 is 0 Å². The first-order valence-electron chi connectivity index (χ1n) is 6.21. The molecule has 1 aliphatic heterocycles. The van der Waals surface area contributed by atoms with E-state index in [0.29, 0.717) is 12.0 Å². The van der Waals surface area contributed by atoms with Crippen molar-refractivity contribution in [2.75, 3.05) is 6.54 Å². The van der Waals surface area contributed by atoms with Crippen molar-refractivity contribution >= 4 is 0 Å². The van der Waals surface area contributed by atoms with Gasteiger partial charge in [0.2, 0.25) is 0 Å². The predicted octanol–water partition coefficient (Wildman–Crippen LogP) is 1.51. The maximum atomic E-state index is 11.3. The molecule has 1 saturated heterocycles. The van der Waals surface area contributed by atoms with Gasteiger partial charge >= 0.3 is 5.69 Å². The number of hydrogen-bond donors (Lipinski definition) is 3. The van der Waals surface area contributed by atoms with E-state index < -0.39 is 0 Å². The van der Waals surface area contributed by atoms with Crippen LogP contribution in [-0.4, -0.2) is 22.6 Å². The van der Waals surface area contributed by atoms with E-state index in [-0.39, 0.29) is 5.69 Å². The third kappa shape index (κ3) is 2.55. The van der Waals surface area contributed by atoms with Gasteiger partial charge in [-0.3, -0.25) is 0 Å². The van der Waals surface area contributed by atoms with Crippen LogP contribution in [0.5, 0.6) is 0 Å². The minimum Gasteiger partial charge on any atom is -0.314 e. The third-order valence-corrected chi connectivity index (χ3v) is 3.28. The molecule has 1 aromatic heterocycles. The van der Waals surface area contributed by atoms with Crippen LogP contribution in [0.4, 0.5) is 0 Å². The largest absolute Gasteiger partial charge is 0.323 e. The van der Waals surface area contributed by atoms with Crippen molar-refractivity contribution in [2.45, 2.75) is 51.5 Å². The van der Waals surface area contributed by atoms with Crippen LogP contribution in [-0.2, 0) is 6.42 Å². The van der Waals surface area contributed by atoms with Gasteiger partial charge in [-0.2, -0.15) is 0 Å². The fourth-order valence-corrected chi connectivity index (χ4v) is 2.43. The summed E-state index contributed by atoms with van der Waals surface area (Å²) in [4.78, 5) is 17.1. The van der Waals surface area contributed by atoms with Crippen LogP contribution in [0.15, 0.2) is 4.79 Å². The lowest BCUT2D eigenvalue weighted by Gasteiger charge is -2.23. The number of piperidine rings is 1. The summed E-state index contributed by atoms with van der Waals surface area (Å²) in [5.41, 5.74) is 2.08. The third-order valence-electron chi connectivity index (χ3n) is 3.28. The van der Waals surface area contributed by atoms with Gasteiger partial charge in [0.1, 0.15) is 0 Å². The number of aromatic nitrogens is 2. The Labute approximate surface area is 95.9 Å². The summed E-state index contributed by atoms with van der Waals surface area (Å²) in [7, 11) is 0. The van der Waals surface area contributed by atoms with E-state index >= 15 is 0 Å². The zero-order valence-electron chi connectivity index (χ0n) is 10.1. The summed E-state index contributed by atoms with van der Waals surface area (Å²) in [6.45, 7) is 5.32. The van der Waals surface area contributed by atoms with Gasteiger partial charge in [-0.05, 0) is 25.3 Å². The Morgan fingerprint density at radius 1 is 1.31 bits per heavy atom. The van der Waals surface area contributed by atoms with Crippen LogP contribution < -0.4 is 11.0 Å². The van der Waals surface area contributed by atoms with Crippen LogP contribution in [0.1, 0.15) is 50.4 Å². The lowest BCUT2D eigenvalue weighted by atomic mass is 9.98. The highest BCUT2D eigenvalue weighted by Crippen LogP contribution is 2.17. The van der Waals surface area contributed by atoms with E-state index in [1.807, 2.05) is 0 Å². The highest BCUT2D eigenvalue weighted by Gasteiger charge is 2.17. The van der Waals surface area contributed by atoms with E-state index in [2.05, 4.69) is 29.1 Å². The highest BCUT2D eigenvalue weighted by atomic mass is 16.1. The normalized spacial score (nSPS) is 21.6. The Bertz CT molecular complexity index is 385. The molecule has 0 aromatic carbocycles. The molecule has 1 fully saturated rings. The Balaban J connectivity index is 2.10. The lowest BCUT2D eigenvalue weighted by molar-refractivity contribution is 0.396. The molecule has 90 valence electrons. The predicted molar refractivity (Wildman–Crippen MR) is 64.8 cm³/mol. The number of nitrogens with one attached hydrogen (secondary N) is 3. The number of hydrogen-bond acceptors (Lipinski definition) is 2. The summed E-state index contributed by atoms with van der Waals surface area (Å²) in [5.74, 6) is 0.373. The number of rotatable bonds is 3. The fourth-order valence-electron chi connectivity index (χ4n) is 2.43. The average Bonchev–Trinajstić information content (AvgIpc) is 2.61. The van der Waals surface area contributed by atoms with Gasteiger partial charge in [0.05, 0.1) is 0 Å². The van der Waals surface area contributed by atoms with Crippen molar-refractivity contribution in [3.8, 4) is 0 Å². The molecule has 0 radical (unpaired) electrons. The zero-order chi connectivity index (χ0) is 11.5. The van der Waals surface area contributed by atoms with Gasteiger partial charge in [0, 0.05) is 23.9 Å². The van der Waals surface area contributed by atoms with E-state index in [4.69, 9.17) is 0 Å². The molecule has 2 heterocycles. The maximum Gasteiger partial charge on any atom is 0.323 e. The van der Waals surface area contributed by atoms with Crippen LogP contribution in [0, 0.1) is 0 Å². The highest BCUT2D eigenvalue weighted by molar-refractivity contribution is 5.16. The minimum absolute atomic E-state index is 0.0745. The van der Waals surface area contributed by atoms with Gasteiger partial charge in [0.15, 0.2) is 0 Å². The second-order valence-electron chi connectivity index (χ2n) is 4.98. The van der Waals surface area contributed by atoms with E-state index in [1.54, 1.807) is 0 Å². The Morgan fingerprint density at radius 3 is 2.75 bits per heavy atom. The van der Waals surface area contributed by atoms with Crippen molar-refractivity contribution < 1.29 is 0 Å². The molecule has 1 atom stereocenters. The van der Waals surface area contributed by atoms with Crippen molar-refractivity contribution in [3.05, 3.63) is 21.9 Å². The molecular weight excluding hydrogens is 202 g/mol. The Kier molecular flexibility index (Phi) is 3.49. The molecule has 1 unspecified atom stereocenters. The van der Waals surface area contributed by atoms with Crippen molar-refractivity contribution in [2.24, 2.45) is 0 Å². The van der Waals surface area contributed by atoms with Crippen LogP contribution in [0.25, 0.3) is 0 Å². The van der Waals surface area contributed by atoms with Gasteiger partial charge in [0.25, 0.3) is 0 Å². The monoisotopic (exact) mass is 223 g/mol. The standard InChI is InChI=1S/C12H21N3O/c1-8(2)11-10(14-12(16)15-11)7-9-5-3-4-6-13-9/h8-9,13H,3-7H2,1-2H3,(H2,14,15,16). The first-order valence-corrected chi connectivity index (χ1v) is 6.21. The maximum absolute atomic E-state index is 11.3. The summed E-state index contributed by atoms with van der Waals surface area (Å²) >= 11 is 0. The molecule has 0 aliphatic carbocycles. The smallest absolute Gasteiger partial charge is 0.314 e. The van der Waals surface area contributed by atoms with Gasteiger partial charge in [-0.1, -0.05) is 20.3 Å². The Morgan fingerprint density at radius 2 is 2.12 bits per heavy atom. The SMILES string of the molecule is CC(C)c1[nH]c(=O)[nH]c1CC1CCCCN1. The second kappa shape index (κ2) is 4.87. The molecule has 0 spiro atoms. The zero-order valence-corrected chi connectivity index (χ0v) is 10.1. The molecular formula is C12H21N3O. The van der Waals surface area contributed by atoms with Gasteiger partial charge in [-0.15, -0.1) is 0 Å². The molecule has 16 heavy (non-hydrogen) atoms.